The van der Waals surface area contributed by atoms with E-state index in [2.05, 4.69) is 122 Å². The van der Waals surface area contributed by atoms with Gasteiger partial charge in [-0.05, 0) is 84.7 Å². The fraction of sp³-hybridized carbons (Fsp3) is 0.333. The van der Waals surface area contributed by atoms with E-state index in [9.17, 15) is 0 Å². The molecule has 0 aliphatic rings. The fourth-order valence-corrected chi connectivity index (χ4v) is 5.39. The van der Waals surface area contributed by atoms with Gasteiger partial charge in [0.05, 0.1) is 6.04 Å². The van der Waals surface area contributed by atoms with E-state index in [1.807, 2.05) is 0 Å². The Morgan fingerprint density at radius 3 is 1.86 bits per heavy atom. The third-order valence-corrected chi connectivity index (χ3v) is 7.21. The number of benzene rings is 4. The van der Waals surface area contributed by atoms with Crippen LogP contribution in [0.5, 0.6) is 0 Å². The number of nitrogens with zero attached hydrogens (tertiary/aromatic N) is 2. The van der Waals surface area contributed by atoms with Crippen molar-refractivity contribution in [2.24, 2.45) is 0 Å². The Hall–Kier alpha value is -2.94. The van der Waals surface area contributed by atoms with Crippen molar-refractivity contribution < 1.29 is 0 Å². The average Bonchev–Trinajstić information content (AvgIpc) is 2.88. The molecule has 1 atom stereocenters. The van der Waals surface area contributed by atoms with Crippen LogP contribution in [0.3, 0.4) is 0 Å². The van der Waals surface area contributed by atoms with Crippen LogP contribution in [0.4, 0.5) is 0 Å². The molecule has 2 nitrogen and oxygen atoms in total. The normalized spacial score (nSPS) is 12.6. The first-order chi connectivity index (χ1) is 17.1. The van der Waals surface area contributed by atoms with E-state index in [1.54, 1.807) is 0 Å². The Kier molecular flexibility index (Phi) is 8.74. The van der Waals surface area contributed by atoms with Gasteiger partial charge in [-0.25, -0.2) is 0 Å². The summed E-state index contributed by atoms with van der Waals surface area (Å²) in [6, 6.07) is 31.1. The lowest BCUT2D eigenvalue weighted by atomic mass is 9.88. The van der Waals surface area contributed by atoms with E-state index in [0.717, 1.165) is 26.2 Å². The fourth-order valence-electron chi connectivity index (χ4n) is 5.39. The molecular weight excluding hydrogens is 424 g/mol. The Labute approximate surface area is 211 Å². The SMILES string of the molecule is C=C(C)C(c1c2ccccc2cc2ccccc12)N(CCCCN(CC)CC)Cc1ccccc1. The second kappa shape index (κ2) is 12.2. The molecule has 0 aliphatic carbocycles. The summed E-state index contributed by atoms with van der Waals surface area (Å²) in [7, 11) is 0. The van der Waals surface area contributed by atoms with Crippen LogP contribution in [-0.2, 0) is 6.54 Å². The molecule has 0 N–H and O–H groups in total. The van der Waals surface area contributed by atoms with Crippen molar-refractivity contribution in [3.63, 3.8) is 0 Å². The minimum atomic E-state index is 0.152. The highest BCUT2D eigenvalue weighted by molar-refractivity contribution is 6.03. The third-order valence-electron chi connectivity index (χ3n) is 7.21. The summed E-state index contributed by atoms with van der Waals surface area (Å²) in [6.07, 6.45) is 2.39. The average molecular weight is 465 g/mol. The molecule has 0 aromatic heterocycles. The number of rotatable bonds is 12. The van der Waals surface area contributed by atoms with E-state index >= 15 is 0 Å². The summed E-state index contributed by atoms with van der Waals surface area (Å²) >= 11 is 0. The van der Waals surface area contributed by atoms with Gasteiger partial charge in [-0.15, -0.1) is 0 Å². The predicted molar refractivity (Wildman–Crippen MR) is 153 cm³/mol. The molecule has 182 valence electrons. The van der Waals surface area contributed by atoms with E-state index in [0.29, 0.717) is 0 Å². The smallest absolute Gasteiger partial charge is 0.0571 e. The maximum absolute atomic E-state index is 4.54. The van der Waals surface area contributed by atoms with Gasteiger partial charge < -0.3 is 4.90 Å². The second-order valence-electron chi connectivity index (χ2n) is 9.67. The van der Waals surface area contributed by atoms with E-state index in [-0.39, 0.29) is 6.04 Å². The van der Waals surface area contributed by atoms with Crippen LogP contribution in [0.2, 0.25) is 0 Å². The molecule has 0 saturated heterocycles. The molecule has 4 rings (SSSR count). The highest BCUT2D eigenvalue weighted by Crippen LogP contribution is 2.39. The standard InChI is InChI=1S/C33H40N2/c1-5-34(6-2)22-14-15-23-35(25-27-16-8-7-9-17-27)33(26(3)4)32-30-20-12-10-18-28(30)24-29-19-11-13-21-31(29)32/h7-13,16-21,24,33H,3,5-6,14-15,22-23,25H2,1-2,4H3. The van der Waals surface area contributed by atoms with E-state index < -0.39 is 0 Å². The Morgan fingerprint density at radius 2 is 1.29 bits per heavy atom. The molecule has 1 unspecified atom stereocenters. The van der Waals surface area contributed by atoms with Gasteiger partial charge in [0.25, 0.3) is 0 Å². The highest BCUT2D eigenvalue weighted by Gasteiger charge is 2.25. The van der Waals surface area contributed by atoms with Gasteiger partial charge in [0.2, 0.25) is 0 Å². The second-order valence-corrected chi connectivity index (χ2v) is 9.67. The van der Waals surface area contributed by atoms with Crippen LogP contribution >= 0.6 is 0 Å². The number of fused-ring (bicyclic) bond motifs is 2. The van der Waals surface area contributed by atoms with Crippen LogP contribution < -0.4 is 0 Å². The van der Waals surface area contributed by atoms with Gasteiger partial charge in [-0.3, -0.25) is 4.90 Å². The number of hydrogen-bond donors (Lipinski definition) is 0. The highest BCUT2D eigenvalue weighted by atomic mass is 15.2. The lowest BCUT2D eigenvalue weighted by Gasteiger charge is -2.34. The zero-order valence-corrected chi connectivity index (χ0v) is 21.7. The maximum atomic E-state index is 4.54. The molecule has 0 heterocycles. The van der Waals surface area contributed by atoms with Crippen molar-refractivity contribution in [2.75, 3.05) is 26.2 Å². The summed E-state index contributed by atoms with van der Waals surface area (Å²) in [5, 5.41) is 5.27. The van der Waals surface area contributed by atoms with Gasteiger partial charge in [-0.1, -0.05) is 105 Å². The minimum absolute atomic E-state index is 0.152. The Balaban J connectivity index is 1.76. The van der Waals surface area contributed by atoms with Crippen molar-refractivity contribution in [1.29, 1.82) is 0 Å². The first kappa shape index (κ1) is 25.2. The van der Waals surface area contributed by atoms with Crippen molar-refractivity contribution in [3.05, 3.63) is 108 Å². The van der Waals surface area contributed by atoms with Gasteiger partial charge in [0.1, 0.15) is 0 Å². The molecule has 0 spiro atoms. The van der Waals surface area contributed by atoms with Crippen molar-refractivity contribution in [3.8, 4) is 0 Å². The Morgan fingerprint density at radius 1 is 0.743 bits per heavy atom. The molecule has 35 heavy (non-hydrogen) atoms. The van der Waals surface area contributed by atoms with Gasteiger partial charge in [-0.2, -0.15) is 0 Å². The maximum Gasteiger partial charge on any atom is 0.0571 e. The first-order valence-corrected chi connectivity index (χ1v) is 13.2. The quantitative estimate of drug-likeness (QED) is 0.118. The van der Waals surface area contributed by atoms with E-state index in [4.69, 9.17) is 0 Å². The topological polar surface area (TPSA) is 6.48 Å². The molecule has 0 aliphatic heterocycles. The van der Waals surface area contributed by atoms with Crippen LogP contribution in [0, 0.1) is 0 Å². The van der Waals surface area contributed by atoms with Crippen molar-refractivity contribution >= 4 is 21.5 Å². The molecule has 0 radical (unpaired) electrons. The van der Waals surface area contributed by atoms with Gasteiger partial charge in [0, 0.05) is 6.54 Å². The molecule has 0 bridgehead atoms. The number of hydrogen-bond acceptors (Lipinski definition) is 2. The van der Waals surface area contributed by atoms with E-state index in [1.165, 1.54) is 57.6 Å². The molecule has 4 aromatic rings. The van der Waals surface area contributed by atoms with Crippen molar-refractivity contribution in [1.82, 2.24) is 9.80 Å². The van der Waals surface area contributed by atoms with Crippen LogP contribution in [-0.4, -0.2) is 36.0 Å². The van der Waals surface area contributed by atoms with Gasteiger partial charge >= 0.3 is 0 Å². The molecule has 2 heteroatoms. The first-order valence-electron chi connectivity index (χ1n) is 13.2. The molecule has 4 aromatic carbocycles. The Bertz CT molecular complexity index is 1190. The van der Waals surface area contributed by atoms with Crippen LogP contribution in [0.15, 0.2) is 97.1 Å². The van der Waals surface area contributed by atoms with Crippen LogP contribution in [0.1, 0.15) is 50.8 Å². The number of unbranched alkanes of at least 4 members (excludes halogenated alkanes) is 1. The monoisotopic (exact) mass is 464 g/mol. The molecule has 0 fully saturated rings. The lowest BCUT2D eigenvalue weighted by molar-refractivity contribution is 0.204. The van der Waals surface area contributed by atoms with Crippen molar-refractivity contribution in [2.45, 2.75) is 46.2 Å². The summed E-state index contributed by atoms with van der Waals surface area (Å²) in [5.74, 6) is 0. The minimum Gasteiger partial charge on any atom is -0.304 e. The summed E-state index contributed by atoms with van der Waals surface area (Å²) in [4.78, 5) is 5.18. The van der Waals surface area contributed by atoms with Crippen LogP contribution in [0.25, 0.3) is 21.5 Å². The summed E-state index contributed by atoms with van der Waals surface area (Å²) < 4.78 is 0. The predicted octanol–water partition coefficient (Wildman–Crippen LogP) is 8.23. The molecule has 0 amide bonds. The lowest BCUT2D eigenvalue weighted by Crippen LogP contribution is -2.31. The third kappa shape index (κ3) is 6.01. The molecule has 0 saturated carbocycles. The van der Waals surface area contributed by atoms with Gasteiger partial charge in [0.15, 0.2) is 0 Å². The zero-order chi connectivity index (χ0) is 24.6. The zero-order valence-electron chi connectivity index (χ0n) is 21.7. The largest absolute Gasteiger partial charge is 0.304 e. The summed E-state index contributed by atoms with van der Waals surface area (Å²) in [5.41, 5.74) is 3.95. The summed E-state index contributed by atoms with van der Waals surface area (Å²) in [6.45, 7) is 16.6. The molecular formula is C33H40N2.